The van der Waals surface area contributed by atoms with Gasteiger partial charge in [0, 0.05) is 25.2 Å². The third-order valence-corrected chi connectivity index (χ3v) is 3.53. The molecule has 1 unspecified atom stereocenters. The summed E-state index contributed by atoms with van der Waals surface area (Å²) in [7, 11) is 0. The molecule has 0 aromatic heterocycles. The Morgan fingerprint density at radius 1 is 1.45 bits per heavy atom. The van der Waals surface area contributed by atoms with Crippen LogP contribution in [-0.2, 0) is 4.79 Å². The Kier molecular flexibility index (Phi) is 5.08. The Bertz CT molecular complexity index is 495. The molecule has 0 spiro atoms. The van der Waals surface area contributed by atoms with Crippen LogP contribution in [0.15, 0.2) is 24.3 Å². The van der Waals surface area contributed by atoms with E-state index in [4.69, 9.17) is 5.26 Å². The fourth-order valence-electron chi connectivity index (χ4n) is 2.46. The Morgan fingerprint density at radius 3 is 2.90 bits per heavy atom. The summed E-state index contributed by atoms with van der Waals surface area (Å²) in [5, 5.41) is 11.4. The fraction of sp³-hybridized carbons (Fsp3) is 0.467. The molecule has 5 heteroatoms. The zero-order chi connectivity index (χ0) is 14.4. The van der Waals surface area contributed by atoms with E-state index in [2.05, 4.69) is 16.3 Å². The number of piperidine rings is 1. The van der Waals surface area contributed by atoms with Crippen molar-refractivity contribution >= 4 is 11.6 Å². The third kappa shape index (κ3) is 4.04. The molecule has 0 radical (unpaired) electrons. The highest BCUT2D eigenvalue weighted by Gasteiger charge is 2.25. The Morgan fingerprint density at radius 2 is 2.20 bits per heavy atom. The zero-order valence-corrected chi connectivity index (χ0v) is 11.3. The zero-order valence-electron chi connectivity index (χ0n) is 11.3. The van der Waals surface area contributed by atoms with Crippen LogP contribution in [0.3, 0.4) is 0 Å². The van der Waals surface area contributed by atoms with Crippen LogP contribution in [0.5, 0.6) is 0 Å². The number of nitriles is 1. The van der Waals surface area contributed by atoms with Gasteiger partial charge in [0.2, 0.25) is 5.91 Å². The van der Waals surface area contributed by atoms with Crippen molar-refractivity contribution in [2.24, 2.45) is 5.92 Å². The minimum Gasteiger partial charge on any atom is -0.326 e. The predicted octanol–water partition coefficient (Wildman–Crippen LogP) is 2.39. The van der Waals surface area contributed by atoms with Gasteiger partial charge in [0.25, 0.3) is 0 Å². The molecule has 1 atom stereocenters. The van der Waals surface area contributed by atoms with Crippen molar-refractivity contribution in [1.82, 2.24) is 4.90 Å². The van der Waals surface area contributed by atoms with Gasteiger partial charge in [-0.1, -0.05) is 0 Å². The fourth-order valence-corrected chi connectivity index (χ4v) is 2.46. The molecule has 1 saturated heterocycles. The van der Waals surface area contributed by atoms with Crippen molar-refractivity contribution in [3.05, 3.63) is 30.1 Å². The SMILES string of the molecule is N#CCCN1CCCC(C(=O)Nc2ccc(F)cc2)C1. The van der Waals surface area contributed by atoms with Crippen LogP contribution < -0.4 is 5.32 Å². The maximum absolute atomic E-state index is 12.8. The van der Waals surface area contributed by atoms with Crippen molar-refractivity contribution in [3.63, 3.8) is 0 Å². The van der Waals surface area contributed by atoms with Gasteiger partial charge in [-0.2, -0.15) is 5.26 Å². The van der Waals surface area contributed by atoms with Gasteiger partial charge in [0.15, 0.2) is 0 Å². The molecule has 1 aliphatic rings. The molecular weight excluding hydrogens is 257 g/mol. The number of hydrogen-bond acceptors (Lipinski definition) is 3. The number of carbonyl (C=O) groups excluding carboxylic acids is 1. The van der Waals surface area contributed by atoms with Crippen LogP contribution in [0.4, 0.5) is 10.1 Å². The number of amides is 1. The number of benzene rings is 1. The number of likely N-dealkylation sites (tertiary alicyclic amines) is 1. The van der Waals surface area contributed by atoms with Crippen molar-refractivity contribution in [2.75, 3.05) is 25.0 Å². The second-order valence-corrected chi connectivity index (χ2v) is 5.04. The van der Waals surface area contributed by atoms with E-state index >= 15 is 0 Å². The van der Waals surface area contributed by atoms with Gasteiger partial charge in [-0.3, -0.25) is 4.79 Å². The summed E-state index contributed by atoms with van der Waals surface area (Å²) in [6.45, 7) is 2.35. The van der Waals surface area contributed by atoms with Gasteiger partial charge < -0.3 is 10.2 Å². The van der Waals surface area contributed by atoms with E-state index in [1.807, 2.05) is 0 Å². The lowest BCUT2D eigenvalue weighted by Gasteiger charge is -2.31. The highest BCUT2D eigenvalue weighted by Crippen LogP contribution is 2.19. The number of rotatable bonds is 4. The monoisotopic (exact) mass is 275 g/mol. The summed E-state index contributed by atoms with van der Waals surface area (Å²) >= 11 is 0. The van der Waals surface area contributed by atoms with Gasteiger partial charge in [0.1, 0.15) is 5.82 Å². The lowest BCUT2D eigenvalue weighted by Crippen LogP contribution is -2.41. The standard InChI is InChI=1S/C15H18FN3O/c16-13-4-6-14(7-5-13)18-15(20)12-3-1-9-19(11-12)10-2-8-17/h4-7,12H,1-3,9-11H2,(H,18,20). The molecule has 20 heavy (non-hydrogen) atoms. The van der Waals surface area contributed by atoms with E-state index in [1.54, 1.807) is 12.1 Å². The second kappa shape index (κ2) is 7.01. The number of halogens is 1. The molecule has 1 aliphatic heterocycles. The Balaban J connectivity index is 1.88. The molecule has 106 valence electrons. The van der Waals surface area contributed by atoms with Crippen LogP contribution in [-0.4, -0.2) is 30.4 Å². The third-order valence-electron chi connectivity index (χ3n) is 3.53. The maximum atomic E-state index is 12.8. The van der Waals surface area contributed by atoms with Crippen molar-refractivity contribution in [1.29, 1.82) is 5.26 Å². The summed E-state index contributed by atoms with van der Waals surface area (Å²) in [6.07, 6.45) is 2.31. The van der Waals surface area contributed by atoms with E-state index in [0.717, 1.165) is 25.9 Å². The molecule has 2 rings (SSSR count). The van der Waals surface area contributed by atoms with Gasteiger partial charge >= 0.3 is 0 Å². The smallest absolute Gasteiger partial charge is 0.228 e. The van der Waals surface area contributed by atoms with Crippen LogP contribution >= 0.6 is 0 Å². The summed E-state index contributed by atoms with van der Waals surface area (Å²) in [5.74, 6) is -0.408. The largest absolute Gasteiger partial charge is 0.326 e. The molecule has 1 aromatic carbocycles. The van der Waals surface area contributed by atoms with Crippen LogP contribution in [0.1, 0.15) is 19.3 Å². The second-order valence-electron chi connectivity index (χ2n) is 5.04. The van der Waals surface area contributed by atoms with E-state index in [0.29, 0.717) is 18.7 Å². The van der Waals surface area contributed by atoms with Gasteiger partial charge in [-0.05, 0) is 43.7 Å². The lowest BCUT2D eigenvalue weighted by molar-refractivity contribution is -0.121. The predicted molar refractivity (Wildman–Crippen MR) is 74.4 cm³/mol. The molecule has 1 fully saturated rings. The normalized spacial score (nSPS) is 19.3. The first kappa shape index (κ1) is 14.5. The quantitative estimate of drug-likeness (QED) is 0.918. The number of carbonyl (C=O) groups is 1. The van der Waals surface area contributed by atoms with E-state index in [-0.39, 0.29) is 17.6 Å². The average molecular weight is 275 g/mol. The van der Waals surface area contributed by atoms with Crippen molar-refractivity contribution in [2.45, 2.75) is 19.3 Å². The van der Waals surface area contributed by atoms with E-state index in [1.165, 1.54) is 12.1 Å². The molecule has 1 N–H and O–H groups in total. The molecule has 0 aliphatic carbocycles. The lowest BCUT2D eigenvalue weighted by atomic mass is 9.97. The number of hydrogen-bond donors (Lipinski definition) is 1. The van der Waals surface area contributed by atoms with Crippen molar-refractivity contribution < 1.29 is 9.18 Å². The van der Waals surface area contributed by atoms with Crippen LogP contribution in [0, 0.1) is 23.1 Å². The van der Waals surface area contributed by atoms with Crippen molar-refractivity contribution in [3.8, 4) is 6.07 Å². The first-order chi connectivity index (χ1) is 9.69. The molecular formula is C15H18FN3O. The van der Waals surface area contributed by atoms with Crippen LogP contribution in [0.25, 0.3) is 0 Å². The van der Waals surface area contributed by atoms with Crippen LogP contribution in [0.2, 0.25) is 0 Å². The Hall–Kier alpha value is -1.93. The van der Waals surface area contributed by atoms with Gasteiger partial charge in [-0.15, -0.1) is 0 Å². The molecule has 0 bridgehead atoms. The minimum atomic E-state index is -0.316. The summed E-state index contributed by atoms with van der Waals surface area (Å²) in [4.78, 5) is 14.3. The molecule has 0 saturated carbocycles. The number of nitrogens with one attached hydrogen (secondary N) is 1. The molecule has 1 aromatic rings. The first-order valence-corrected chi connectivity index (χ1v) is 6.85. The Labute approximate surface area is 118 Å². The first-order valence-electron chi connectivity index (χ1n) is 6.85. The summed E-state index contributed by atoms with van der Waals surface area (Å²) in [6, 6.07) is 7.90. The molecule has 1 amide bonds. The highest BCUT2D eigenvalue weighted by molar-refractivity contribution is 5.92. The molecule has 1 heterocycles. The average Bonchev–Trinajstić information content (AvgIpc) is 2.48. The van der Waals surface area contributed by atoms with Gasteiger partial charge in [0.05, 0.1) is 12.0 Å². The van der Waals surface area contributed by atoms with E-state index in [9.17, 15) is 9.18 Å². The minimum absolute atomic E-state index is 0.0294. The maximum Gasteiger partial charge on any atom is 0.228 e. The topological polar surface area (TPSA) is 56.1 Å². The van der Waals surface area contributed by atoms with E-state index < -0.39 is 0 Å². The molecule has 4 nitrogen and oxygen atoms in total. The number of nitrogens with zero attached hydrogens (tertiary/aromatic N) is 2. The highest BCUT2D eigenvalue weighted by atomic mass is 19.1. The van der Waals surface area contributed by atoms with Gasteiger partial charge in [-0.25, -0.2) is 4.39 Å². The number of anilines is 1. The summed E-state index contributed by atoms with van der Waals surface area (Å²) < 4.78 is 12.8. The summed E-state index contributed by atoms with van der Waals surface area (Å²) in [5.41, 5.74) is 0.616.